The van der Waals surface area contributed by atoms with Crippen molar-refractivity contribution in [3.8, 4) is 0 Å². The van der Waals surface area contributed by atoms with Crippen LogP contribution in [0.4, 0.5) is 4.79 Å². The Balaban J connectivity index is 1.39. The van der Waals surface area contributed by atoms with Crippen LogP contribution in [-0.2, 0) is 39.6 Å². The molecule has 1 aliphatic heterocycles. The van der Waals surface area contributed by atoms with Crippen molar-refractivity contribution in [2.75, 3.05) is 19.6 Å². The van der Waals surface area contributed by atoms with Crippen LogP contribution in [0.25, 0.3) is 11.2 Å². The minimum absolute atomic E-state index is 0.0133. The topological polar surface area (TPSA) is 191 Å². The fraction of sp³-hybridized carbons (Fsp3) is 0.405. The number of oxime groups is 1. The third-order valence-corrected chi connectivity index (χ3v) is 11.0. The molecule has 0 bridgehead atoms. The molecule has 2 aromatic heterocycles. The number of aliphatic hydroxyl groups excluding tert-OH is 1. The number of benzene rings is 2. The summed E-state index contributed by atoms with van der Waals surface area (Å²) in [5.74, 6) is -1.16. The fourth-order valence-electron chi connectivity index (χ4n) is 6.47. The van der Waals surface area contributed by atoms with Gasteiger partial charge >= 0.3 is 6.03 Å². The molecule has 4 aromatic rings. The van der Waals surface area contributed by atoms with Crippen LogP contribution >= 0.6 is 0 Å². The Kier molecular flexibility index (Phi) is 12.3. The Bertz CT molecular complexity index is 2050. The molecule has 1 saturated heterocycles. The highest BCUT2D eigenvalue weighted by Gasteiger charge is 2.45. The Morgan fingerprint density at radius 3 is 2.34 bits per heavy atom. The lowest BCUT2D eigenvalue weighted by Crippen LogP contribution is -2.57. The summed E-state index contributed by atoms with van der Waals surface area (Å²) in [6.45, 7) is 6.55. The summed E-state index contributed by atoms with van der Waals surface area (Å²) in [5.41, 5.74) is 2.50. The summed E-state index contributed by atoms with van der Waals surface area (Å²) in [7, 11) is -2.36. The van der Waals surface area contributed by atoms with E-state index in [9.17, 15) is 27.9 Å². The summed E-state index contributed by atoms with van der Waals surface area (Å²) in [6, 6.07) is 15.8. The zero-order chi connectivity index (χ0) is 38.4. The summed E-state index contributed by atoms with van der Waals surface area (Å²) >= 11 is 0. The molecule has 1 fully saturated rings. The van der Waals surface area contributed by atoms with Gasteiger partial charge in [0.2, 0.25) is 15.9 Å². The van der Waals surface area contributed by atoms with Crippen molar-refractivity contribution >= 4 is 45.2 Å². The van der Waals surface area contributed by atoms with E-state index >= 15 is 0 Å². The second-order valence-electron chi connectivity index (χ2n) is 13.9. The van der Waals surface area contributed by atoms with Gasteiger partial charge in [-0.05, 0) is 53.6 Å². The average Bonchev–Trinajstić information content (AvgIpc) is 3.58. The number of imide groups is 1. The maximum atomic E-state index is 14.2. The predicted molar refractivity (Wildman–Crippen MR) is 197 cm³/mol. The number of rotatable bonds is 16. The first-order chi connectivity index (χ1) is 25.2. The van der Waals surface area contributed by atoms with Crippen LogP contribution < -0.4 is 5.32 Å². The van der Waals surface area contributed by atoms with Crippen molar-refractivity contribution in [3.05, 3.63) is 89.9 Å². The molecule has 3 heterocycles. The first-order valence-electron chi connectivity index (χ1n) is 17.4. The normalized spacial score (nSPS) is 15.7. The van der Waals surface area contributed by atoms with E-state index in [4.69, 9.17) is 5.21 Å². The summed E-state index contributed by atoms with van der Waals surface area (Å²) < 4.78 is 30.7. The maximum Gasteiger partial charge on any atom is 0.328 e. The number of imidazole rings is 1. The second-order valence-corrected chi connectivity index (χ2v) is 15.9. The van der Waals surface area contributed by atoms with Gasteiger partial charge in [-0.3, -0.25) is 14.5 Å². The molecule has 5 rings (SSSR count). The third kappa shape index (κ3) is 8.89. The van der Waals surface area contributed by atoms with Gasteiger partial charge in [-0.15, -0.1) is 0 Å². The zero-order valence-electron chi connectivity index (χ0n) is 30.4. The zero-order valence-corrected chi connectivity index (χ0v) is 31.2. The SMILES string of the molecule is CC(C)CN(C[C@@H](O)[C@H](Cc1ccccc1)NC(=O)[C@H](C(C)C)N1CC(=O)N(Cc2nc3cccnc3n2C)C1=O)S(=O)(=O)c1ccc(C=NO)cc1. The number of nitrogens with one attached hydrogen (secondary N) is 1. The fourth-order valence-corrected chi connectivity index (χ4v) is 8.09. The summed E-state index contributed by atoms with van der Waals surface area (Å²) in [6.07, 6.45) is 1.59. The highest BCUT2D eigenvalue weighted by molar-refractivity contribution is 7.89. The third-order valence-electron chi connectivity index (χ3n) is 9.11. The van der Waals surface area contributed by atoms with Crippen molar-refractivity contribution in [1.29, 1.82) is 0 Å². The van der Waals surface area contributed by atoms with Crippen molar-refractivity contribution in [1.82, 2.24) is 34.0 Å². The van der Waals surface area contributed by atoms with Gasteiger partial charge in [-0.25, -0.2) is 23.2 Å². The van der Waals surface area contributed by atoms with Crippen LogP contribution in [0.3, 0.4) is 0 Å². The van der Waals surface area contributed by atoms with Crippen molar-refractivity contribution in [2.24, 2.45) is 24.0 Å². The summed E-state index contributed by atoms with van der Waals surface area (Å²) in [4.78, 5) is 52.4. The molecule has 3 atom stereocenters. The highest BCUT2D eigenvalue weighted by atomic mass is 32.2. The molecular formula is C37H46N8O7S. The van der Waals surface area contributed by atoms with Gasteiger partial charge in [-0.1, -0.05) is 75.3 Å². The van der Waals surface area contributed by atoms with Crippen LogP contribution in [0.15, 0.2) is 83.0 Å². The molecule has 0 radical (unpaired) electrons. The first-order valence-corrected chi connectivity index (χ1v) is 18.8. The van der Waals surface area contributed by atoms with E-state index in [1.807, 2.05) is 44.2 Å². The Hall–Kier alpha value is -5.19. The van der Waals surface area contributed by atoms with E-state index < -0.39 is 52.0 Å². The van der Waals surface area contributed by atoms with Gasteiger partial charge in [0.15, 0.2) is 5.65 Å². The maximum absolute atomic E-state index is 14.2. The Morgan fingerprint density at radius 2 is 1.72 bits per heavy atom. The predicted octanol–water partition coefficient (Wildman–Crippen LogP) is 3.00. The van der Waals surface area contributed by atoms with Gasteiger partial charge in [0.1, 0.15) is 23.9 Å². The van der Waals surface area contributed by atoms with Crippen molar-refractivity contribution in [3.63, 3.8) is 0 Å². The van der Waals surface area contributed by atoms with Crippen molar-refractivity contribution in [2.45, 2.75) is 63.7 Å². The second kappa shape index (κ2) is 16.7. The van der Waals surface area contributed by atoms with Gasteiger partial charge in [0.05, 0.1) is 29.8 Å². The molecule has 2 aromatic carbocycles. The van der Waals surface area contributed by atoms with Crippen LogP contribution in [0, 0.1) is 11.8 Å². The monoisotopic (exact) mass is 746 g/mol. The number of aliphatic hydroxyl groups is 1. The number of hydrogen-bond donors (Lipinski definition) is 3. The van der Waals surface area contributed by atoms with Crippen LogP contribution in [-0.4, -0.2) is 109 Å². The van der Waals surface area contributed by atoms with E-state index in [0.29, 0.717) is 22.6 Å². The number of fused-ring (bicyclic) bond motifs is 1. The number of pyridine rings is 1. The van der Waals surface area contributed by atoms with Gasteiger partial charge in [0, 0.05) is 26.3 Å². The van der Waals surface area contributed by atoms with Crippen LogP contribution in [0.1, 0.15) is 44.6 Å². The molecule has 4 amide bonds. The quantitative estimate of drug-likeness (QED) is 0.0670. The lowest BCUT2D eigenvalue weighted by atomic mass is 9.97. The van der Waals surface area contributed by atoms with E-state index in [2.05, 4.69) is 20.4 Å². The standard InChI is InChI=1S/C37H46N8O7S/c1-24(2)20-43(53(51,52)28-15-13-27(14-16-28)19-39-50)21-31(46)30(18-26-10-7-6-8-11-26)41-36(48)34(25(3)4)45-23-33(47)44(37(45)49)22-32-40-29-12-9-17-38-35(29)42(32)5/h6-17,19,24-25,30-31,34,46,50H,18,20-23H2,1-5H3,(H,41,48)/t30-,31+,34-/m0/s1. The molecule has 0 aliphatic carbocycles. The number of hydrogen-bond acceptors (Lipinski definition) is 10. The van der Waals surface area contributed by atoms with Gasteiger partial charge in [-0.2, -0.15) is 4.31 Å². The number of carbonyl (C=O) groups excluding carboxylic acids is 3. The van der Waals surface area contributed by atoms with E-state index in [1.165, 1.54) is 39.7 Å². The minimum atomic E-state index is -4.11. The lowest BCUT2D eigenvalue weighted by Gasteiger charge is -2.34. The number of sulfonamides is 1. The van der Waals surface area contributed by atoms with Crippen molar-refractivity contribution < 1.29 is 33.1 Å². The molecule has 0 saturated carbocycles. The number of aryl methyl sites for hydroxylation is 1. The first kappa shape index (κ1) is 39.0. The Morgan fingerprint density at radius 1 is 1.02 bits per heavy atom. The molecule has 3 N–H and O–H groups in total. The molecule has 16 heteroatoms. The number of aromatic nitrogens is 3. The minimum Gasteiger partial charge on any atom is -0.411 e. The molecule has 15 nitrogen and oxygen atoms in total. The summed E-state index contributed by atoms with van der Waals surface area (Å²) in [5, 5.41) is 26.5. The number of urea groups is 1. The average molecular weight is 747 g/mol. The molecule has 0 unspecified atom stereocenters. The number of amides is 4. The number of carbonyl (C=O) groups is 3. The number of nitrogens with zero attached hydrogens (tertiary/aromatic N) is 7. The molecular weight excluding hydrogens is 701 g/mol. The van der Waals surface area contributed by atoms with E-state index in [-0.39, 0.29) is 43.4 Å². The van der Waals surface area contributed by atoms with Gasteiger partial charge in [0.25, 0.3) is 5.91 Å². The van der Waals surface area contributed by atoms with Crippen LogP contribution in [0.5, 0.6) is 0 Å². The largest absolute Gasteiger partial charge is 0.411 e. The molecule has 1 aliphatic rings. The van der Waals surface area contributed by atoms with E-state index in [0.717, 1.165) is 10.5 Å². The molecule has 0 spiro atoms. The van der Waals surface area contributed by atoms with Crippen LogP contribution in [0.2, 0.25) is 0 Å². The van der Waals surface area contributed by atoms with E-state index in [1.54, 1.807) is 43.8 Å². The molecule has 282 valence electrons. The van der Waals surface area contributed by atoms with Gasteiger partial charge < -0.3 is 25.1 Å². The smallest absolute Gasteiger partial charge is 0.328 e. The molecule has 53 heavy (non-hydrogen) atoms. The Labute approximate surface area is 309 Å². The highest BCUT2D eigenvalue weighted by Crippen LogP contribution is 2.24. The lowest BCUT2D eigenvalue weighted by molar-refractivity contribution is -0.129.